The number of ether oxygens (including phenoxy) is 1. The van der Waals surface area contributed by atoms with Crippen LogP contribution in [-0.2, 0) is 11.2 Å². The Morgan fingerprint density at radius 2 is 1.83 bits per heavy atom. The SMILES string of the molecule is COc1cc2c(cc1NC(=O)[C@H](C)NCCc1ccc(F)cc1)oc1ccccc12. The molecule has 1 amide bonds. The Bertz CT molecular complexity index is 1180. The zero-order valence-electron chi connectivity index (χ0n) is 16.9. The summed E-state index contributed by atoms with van der Waals surface area (Å²) in [6.45, 7) is 2.39. The van der Waals surface area contributed by atoms with E-state index in [0.29, 0.717) is 30.0 Å². The van der Waals surface area contributed by atoms with E-state index in [1.54, 1.807) is 32.2 Å². The average molecular weight is 406 g/mol. The minimum Gasteiger partial charge on any atom is -0.495 e. The van der Waals surface area contributed by atoms with Crippen LogP contribution in [0, 0.1) is 5.82 Å². The number of fused-ring (bicyclic) bond motifs is 3. The fourth-order valence-corrected chi connectivity index (χ4v) is 3.44. The number of para-hydroxylation sites is 1. The molecule has 1 heterocycles. The van der Waals surface area contributed by atoms with Gasteiger partial charge in [-0.25, -0.2) is 4.39 Å². The van der Waals surface area contributed by atoms with E-state index in [4.69, 9.17) is 9.15 Å². The molecule has 2 N–H and O–H groups in total. The van der Waals surface area contributed by atoms with Crippen LogP contribution in [0.3, 0.4) is 0 Å². The monoisotopic (exact) mass is 406 g/mol. The lowest BCUT2D eigenvalue weighted by atomic mass is 10.1. The molecule has 0 saturated heterocycles. The third-order valence-electron chi connectivity index (χ3n) is 5.13. The van der Waals surface area contributed by atoms with Gasteiger partial charge in [-0.15, -0.1) is 0 Å². The van der Waals surface area contributed by atoms with Gasteiger partial charge < -0.3 is 19.8 Å². The average Bonchev–Trinajstić information content (AvgIpc) is 3.11. The zero-order valence-corrected chi connectivity index (χ0v) is 16.9. The number of rotatable bonds is 7. The molecule has 0 spiro atoms. The van der Waals surface area contributed by atoms with Crippen LogP contribution in [0.4, 0.5) is 10.1 Å². The third-order valence-corrected chi connectivity index (χ3v) is 5.13. The van der Waals surface area contributed by atoms with Gasteiger partial charge in [-0.2, -0.15) is 0 Å². The van der Waals surface area contributed by atoms with E-state index in [0.717, 1.165) is 21.9 Å². The molecular formula is C24H23FN2O3. The van der Waals surface area contributed by atoms with Gasteiger partial charge >= 0.3 is 0 Å². The predicted octanol–water partition coefficient (Wildman–Crippen LogP) is 4.89. The number of anilines is 1. The van der Waals surface area contributed by atoms with Crippen molar-refractivity contribution < 1.29 is 18.3 Å². The third kappa shape index (κ3) is 4.14. The van der Waals surface area contributed by atoms with Crippen molar-refractivity contribution in [3.8, 4) is 5.75 Å². The second kappa shape index (κ2) is 8.55. The first-order valence-corrected chi connectivity index (χ1v) is 9.83. The first kappa shape index (κ1) is 19.9. The number of hydrogen-bond acceptors (Lipinski definition) is 4. The number of methoxy groups -OCH3 is 1. The highest BCUT2D eigenvalue weighted by Gasteiger charge is 2.17. The molecule has 1 atom stereocenters. The van der Waals surface area contributed by atoms with Crippen LogP contribution in [0.25, 0.3) is 21.9 Å². The fourth-order valence-electron chi connectivity index (χ4n) is 3.44. The van der Waals surface area contributed by atoms with Crippen LogP contribution in [0.15, 0.2) is 65.1 Å². The summed E-state index contributed by atoms with van der Waals surface area (Å²) in [5.41, 5.74) is 3.04. The van der Waals surface area contributed by atoms with Crippen molar-refractivity contribution in [1.29, 1.82) is 0 Å². The topological polar surface area (TPSA) is 63.5 Å². The molecule has 0 saturated carbocycles. The molecule has 5 nitrogen and oxygen atoms in total. The van der Waals surface area contributed by atoms with Crippen molar-refractivity contribution >= 4 is 33.5 Å². The van der Waals surface area contributed by atoms with Crippen LogP contribution in [0.5, 0.6) is 5.75 Å². The highest BCUT2D eigenvalue weighted by Crippen LogP contribution is 2.36. The van der Waals surface area contributed by atoms with Crippen LogP contribution in [-0.4, -0.2) is 25.6 Å². The molecule has 4 aromatic rings. The normalized spacial score (nSPS) is 12.2. The van der Waals surface area contributed by atoms with Crippen molar-refractivity contribution in [2.75, 3.05) is 19.0 Å². The first-order chi connectivity index (χ1) is 14.5. The van der Waals surface area contributed by atoms with Gasteiger partial charge in [0.25, 0.3) is 0 Å². The second-order valence-corrected chi connectivity index (χ2v) is 7.19. The number of amides is 1. The lowest BCUT2D eigenvalue weighted by Crippen LogP contribution is -2.39. The van der Waals surface area contributed by atoms with E-state index in [2.05, 4.69) is 10.6 Å². The van der Waals surface area contributed by atoms with E-state index < -0.39 is 6.04 Å². The smallest absolute Gasteiger partial charge is 0.241 e. The number of furan rings is 1. The van der Waals surface area contributed by atoms with E-state index in [9.17, 15) is 9.18 Å². The molecular weight excluding hydrogens is 383 g/mol. The fraction of sp³-hybridized carbons (Fsp3) is 0.208. The van der Waals surface area contributed by atoms with Gasteiger partial charge in [0.15, 0.2) is 0 Å². The highest BCUT2D eigenvalue weighted by atomic mass is 19.1. The maximum atomic E-state index is 13.0. The number of halogens is 1. The Hall–Kier alpha value is -3.38. The van der Waals surface area contributed by atoms with Crippen molar-refractivity contribution in [3.63, 3.8) is 0 Å². The van der Waals surface area contributed by atoms with E-state index in [1.165, 1.54) is 12.1 Å². The number of nitrogens with one attached hydrogen (secondary N) is 2. The van der Waals surface area contributed by atoms with E-state index >= 15 is 0 Å². The highest BCUT2D eigenvalue weighted by molar-refractivity contribution is 6.08. The quantitative estimate of drug-likeness (QED) is 0.459. The molecule has 0 fully saturated rings. The number of carbonyl (C=O) groups is 1. The predicted molar refractivity (Wildman–Crippen MR) is 116 cm³/mol. The number of benzene rings is 3. The zero-order chi connectivity index (χ0) is 21.1. The molecule has 6 heteroatoms. The lowest BCUT2D eigenvalue weighted by Gasteiger charge is -2.16. The number of hydrogen-bond donors (Lipinski definition) is 2. The van der Waals surface area contributed by atoms with Gasteiger partial charge in [0.1, 0.15) is 22.7 Å². The lowest BCUT2D eigenvalue weighted by molar-refractivity contribution is -0.117. The summed E-state index contributed by atoms with van der Waals surface area (Å²) >= 11 is 0. The van der Waals surface area contributed by atoms with Gasteiger partial charge in [-0.1, -0.05) is 30.3 Å². The Morgan fingerprint density at radius 1 is 1.07 bits per heavy atom. The minimum atomic E-state index is -0.415. The van der Waals surface area contributed by atoms with Crippen LogP contribution in [0.1, 0.15) is 12.5 Å². The Labute approximate surface area is 173 Å². The summed E-state index contributed by atoms with van der Waals surface area (Å²) in [6.07, 6.45) is 0.701. The Kier molecular flexibility index (Phi) is 5.68. The molecule has 0 bridgehead atoms. The largest absolute Gasteiger partial charge is 0.495 e. The summed E-state index contributed by atoms with van der Waals surface area (Å²) in [6, 6.07) is 17.4. The van der Waals surface area contributed by atoms with Crippen LogP contribution < -0.4 is 15.4 Å². The molecule has 154 valence electrons. The van der Waals surface area contributed by atoms with Gasteiger partial charge in [-0.05, 0) is 49.7 Å². The first-order valence-electron chi connectivity index (χ1n) is 9.83. The summed E-state index contributed by atoms with van der Waals surface area (Å²) in [4.78, 5) is 12.7. The molecule has 30 heavy (non-hydrogen) atoms. The van der Waals surface area contributed by atoms with Crippen molar-refractivity contribution in [1.82, 2.24) is 5.32 Å². The van der Waals surface area contributed by atoms with Gasteiger partial charge in [0.05, 0.1) is 18.8 Å². The van der Waals surface area contributed by atoms with Crippen molar-refractivity contribution in [2.45, 2.75) is 19.4 Å². The second-order valence-electron chi connectivity index (χ2n) is 7.19. The summed E-state index contributed by atoms with van der Waals surface area (Å²) in [5.74, 6) is 0.138. The van der Waals surface area contributed by atoms with Gasteiger partial charge in [-0.3, -0.25) is 4.79 Å². The van der Waals surface area contributed by atoms with E-state index in [1.807, 2.05) is 30.3 Å². The minimum absolute atomic E-state index is 0.178. The Balaban J connectivity index is 1.44. The number of carbonyl (C=O) groups excluding carboxylic acids is 1. The maximum absolute atomic E-state index is 13.0. The van der Waals surface area contributed by atoms with Crippen LogP contribution >= 0.6 is 0 Å². The molecule has 0 aliphatic heterocycles. The molecule has 0 aliphatic rings. The Morgan fingerprint density at radius 3 is 2.60 bits per heavy atom. The molecule has 0 aliphatic carbocycles. The summed E-state index contributed by atoms with van der Waals surface area (Å²) in [5, 5.41) is 8.05. The summed E-state index contributed by atoms with van der Waals surface area (Å²) < 4.78 is 24.4. The molecule has 0 radical (unpaired) electrons. The molecule has 3 aromatic carbocycles. The van der Waals surface area contributed by atoms with Gasteiger partial charge in [0, 0.05) is 16.8 Å². The van der Waals surface area contributed by atoms with Crippen LogP contribution in [0.2, 0.25) is 0 Å². The van der Waals surface area contributed by atoms with Crippen molar-refractivity contribution in [2.24, 2.45) is 0 Å². The summed E-state index contributed by atoms with van der Waals surface area (Å²) in [7, 11) is 1.57. The maximum Gasteiger partial charge on any atom is 0.241 e. The standard InChI is InChI=1S/C24H23FN2O3/c1-15(26-12-11-16-7-9-17(25)10-8-16)24(28)27-20-14-22-19(13-23(20)29-2)18-5-3-4-6-21(18)30-22/h3-10,13-15,26H,11-12H2,1-2H3,(H,27,28)/t15-/m0/s1. The molecule has 0 unspecified atom stereocenters. The van der Waals surface area contributed by atoms with Crippen molar-refractivity contribution in [3.05, 3.63) is 72.0 Å². The van der Waals surface area contributed by atoms with E-state index in [-0.39, 0.29) is 11.7 Å². The molecule has 4 rings (SSSR count). The van der Waals surface area contributed by atoms with Gasteiger partial charge in [0.2, 0.25) is 5.91 Å². The molecule has 1 aromatic heterocycles.